The minimum absolute atomic E-state index is 0.725. The van der Waals surface area contributed by atoms with Gasteiger partial charge in [0.2, 0.25) is 0 Å². The van der Waals surface area contributed by atoms with Crippen molar-refractivity contribution in [2.45, 2.75) is 19.5 Å². The van der Waals surface area contributed by atoms with Crippen LogP contribution in [0.25, 0.3) is 0 Å². The molecule has 1 N–H and O–H groups in total. The summed E-state index contributed by atoms with van der Waals surface area (Å²) in [6.07, 6.45) is -0.0600. The van der Waals surface area contributed by atoms with Crippen molar-refractivity contribution in [1.82, 2.24) is 0 Å². The van der Waals surface area contributed by atoms with Crippen LogP contribution in [0.15, 0.2) is 42.5 Å². The van der Waals surface area contributed by atoms with Gasteiger partial charge in [0.15, 0.2) is 6.17 Å². The lowest BCUT2D eigenvalue weighted by Crippen LogP contribution is -2.00. The van der Waals surface area contributed by atoms with Crippen molar-refractivity contribution in [3.63, 3.8) is 0 Å². The standard InChI is InChI=1S/C16H16FN/c1-11-5-7-12(8-6-11)15(17)14-4-2-3-13-9-10-18-16(13)14/h2-8,15,18H,9-10H2,1H3. The quantitative estimate of drug-likeness (QED) is 0.837. The number of halogens is 1. The third-order valence-corrected chi connectivity index (χ3v) is 3.52. The van der Waals surface area contributed by atoms with Crippen LogP contribution in [0, 0.1) is 6.92 Å². The zero-order chi connectivity index (χ0) is 12.5. The molecule has 18 heavy (non-hydrogen) atoms. The van der Waals surface area contributed by atoms with Gasteiger partial charge in [-0.2, -0.15) is 0 Å². The number of aryl methyl sites for hydroxylation is 1. The highest BCUT2D eigenvalue weighted by Crippen LogP contribution is 2.36. The molecule has 2 aromatic rings. The van der Waals surface area contributed by atoms with E-state index in [4.69, 9.17) is 0 Å². The minimum Gasteiger partial charge on any atom is -0.384 e. The Morgan fingerprint density at radius 3 is 2.67 bits per heavy atom. The van der Waals surface area contributed by atoms with E-state index in [0.29, 0.717) is 0 Å². The first-order valence-electron chi connectivity index (χ1n) is 6.32. The van der Waals surface area contributed by atoms with Gasteiger partial charge in [-0.15, -0.1) is 0 Å². The Bertz CT molecular complexity index is 560. The fourth-order valence-electron chi connectivity index (χ4n) is 2.49. The van der Waals surface area contributed by atoms with E-state index >= 15 is 0 Å². The van der Waals surface area contributed by atoms with Crippen LogP contribution < -0.4 is 5.32 Å². The van der Waals surface area contributed by atoms with Crippen molar-refractivity contribution in [3.8, 4) is 0 Å². The smallest absolute Gasteiger partial charge is 0.152 e. The van der Waals surface area contributed by atoms with Crippen LogP contribution in [0.1, 0.15) is 28.4 Å². The molecule has 92 valence electrons. The Labute approximate surface area is 107 Å². The molecule has 0 saturated heterocycles. The Hall–Kier alpha value is -1.83. The van der Waals surface area contributed by atoms with Crippen molar-refractivity contribution in [3.05, 3.63) is 64.7 Å². The van der Waals surface area contributed by atoms with Crippen molar-refractivity contribution >= 4 is 5.69 Å². The molecule has 1 heterocycles. The van der Waals surface area contributed by atoms with E-state index in [1.807, 2.05) is 43.3 Å². The van der Waals surface area contributed by atoms with Crippen LogP contribution in [0.4, 0.5) is 10.1 Å². The van der Waals surface area contributed by atoms with Crippen LogP contribution in [-0.4, -0.2) is 6.54 Å². The van der Waals surface area contributed by atoms with E-state index in [2.05, 4.69) is 11.4 Å². The van der Waals surface area contributed by atoms with Crippen LogP contribution in [0.5, 0.6) is 0 Å². The molecule has 1 atom stereocenters. The van der Waals surface area contributed by atoms with Gasteiger partial charge in [-0.1, -0.05) is 48.0 Å². The monoisotopic (exact) mass is 241 g/mol. The zero-order valence-corrected chi connectivity index (χ0v) is 10.4. The Morgan fingerprint density at radius 1 is 1.11 bits per heavy atom. The average molecular weight is 241 g/mol. The third-order valence-electron chi connectivity index (χ3n) is 3.52. The summed E-state index contributed by atoms with van der Waals surface area (Å²) in [6, 6.07) is 13.5. The Morgan fingerprint density at radius 2 is 1.89 bits per heavy atom. The summed E-state index contributed by atoms with van der Waals surface area (Å²) in [5.74, 6) is 0. The molecule has 1 aliphatic rings. The number of hydrogen-bond donors (Lipinski definition) is 1. The summed E-state index contributed by atoms with van der Waals surface area (Å²) < 4.78 is 14.6. The van der Waals surface area contributed by atoms with Crippen molar-refractivity contribution < 1.29 is 4.39 Å². The first-order chi connectivity index (χ1) is 8.75. The molecule has 0 amide bonds. The molecular weight excluding hydrogens is 225 g/mol. The molecular formula is C16H16FN. The van der Waals surface area contributed by atoms with Gasteiger partial charge in [-0.25, -0.2) is 4.39 Å². The number of rotatable bonds is 2. The maximum absolute atomic E-state index is 14.6. The molecule has 1 unspecified atom stereocenters. The van der Waals surface area contributed by atoms with Gasteiger partial charge < -0.3 is 5.32 Å². The van der Waals surface area contributed by atoms with Crippen molar-refractivity contribution in [1.29, 1.82) is 0 Å². The maximum atomic E-state index is 14.6. The first kappa shape index (κ1) is 11.3. The molecule has 2 heteroatoms. The zero-order valence-electron chi connectivity index (χ0n) is 10.4. The van der Waals surface area contributed by atoms with E-state index in [9.17, 15) is 4.39 Å². The highest BCUT2D eigenvalue weighted by molar-refractivity contribution is 5.63. The second-order valence-corrected chi connectivity index (χ2v) is 4.83. The predicted molar refractivity (Wildman–Crippen MR) is 72.8 cm³/mol. The van der Waals surface area contributed by atoms with Gasteiger partial charge >= 0.3 is 0 Å². The normalized spacial score (nSPS) is 15.0. The maximum Gasteiger partial charge on any atom is 0.152 e. The van der Waals surface area contributed by atoms with E-state index in [1.54, 1.807) is 0 Å². The van der Waals surface area contributed by atoms with E-state index in [-0.39, 0.29) is 0 Å². The van der Waals surface area contributed by atoms with Crippen molar-refractivity contribution in [2.24, 2.45) is 0 Å². The highest BCUT2D eigenvalue weighted by Gasteiger charge is 2.21. The number of hydrogen-bond acceptors (Lipinski definition) is 1. The molecule has 0 fully saturated rings. The summed E-state index contributed by atoms with van der Waals surface area (Å²) >= 11 is 0. The lowest BCUT2D eigenvalue weighted by molar-refractivity contribution is 0.403. The number of benzene rings is 2. The number of para-hydroxylation sites is 1. The van der Waals surface area contributed by atoms with E-state index in [1.165, 1.54) is 5.56 Å². The van der Waals surface area contributed by atoms with Crippen molar-refractivity contribution in [2.75, 3.05) is 11.9 Å². The Kier molecular flexibility index (Phi) is 2.78. The number of nitrogens with one attached hydrogen (secondary N) is 1. The lowest BCUT2D eigenvalue weighted by Gasteiger charge is -2.14. The van der Waals surface area contributed by atoms with Gasteiger partial charge in [0.1, 0.15) is 0 Å². The second-order valence-electron chi connectivity index (χ2n) is 4.83. The molecule has 0 bridgehead atoms. The summed E-state index contributed by atoms with van der Waals surface area (Å²) in [6.45, 7) is 2.92. The molecule has 0 spiro atoms. The minimum atomic E-state index is -1.05. The molecule has 1 nitrogen and oxygen atoms in total. The number of anilines is 1. The first-order valence-corrected chi connectivity index (χ1v) is 6.32. The highest BCUT2D eigenvalue weighted by atomic mass is 19.1. The topological polar surface area (TPSA) is 12.0 Å². The van der Waals surface area contributed by atoms with Crippen LogP contribution in [-0.2, 0) is 6.42 Å². The number of fused-ring (bicyclic) bond motifs is 1. The molecule has 0 radical (unpaired) electrons. The lowest BCUT2D eigenvalue weighted by atomic mass is 9.98. The molecule has 2 aromatic carbocycles. The summed E-state index contributed by atoms with van der Waals surface area (Å²) in [7, 11) is 0. The van der Waals surface area contributed by atoms with Crippen LogP contribution in [0.2, 0.25) is 0 Å². The largest absolute Gasteiger partial charge is 0.384 e. The fraction of sp³-hybridized carbons (Fsp3) is 0.250. The summed E-state index contributed by atoms with van der Waals surface area (Å²) in [5.41, 5.74) is 4.85. The Balaban J connectivity index is 2.00. The fourth-order valence-corrected chi connectivity index (χ4v) is 2.49. The van der Waals surface area contributed by atoms with Gasteiger partial charge in [0.05, 0.1) is 0 Å². The molecule has 0 aliphatic carbocycles. The molecule has 3 rings (SSSR count). The molecule has 1 aliphatic heterocycles. The summed E-state index contributed by atoms with van der Waals surface area (Å²) in [5, 5.41) is 3.29. The predicted octanol–water partition coefficient (Wildman–Crippen LogP) is 4.02. The number of alkyl halides is 1. The second kappa shape index (κ2) is 4.45. The van der Waals surface area contributed by atoms with E-state index < -0.39 is 6.17 Å². The summed E-state index contributed by atoms with van der Waals surface area (Å²) in [4.78, 5) is 0. The SMILES string of the molecule is Cc1ccc(C(F)c2cccc3c2NCC3)cc1. The van der Waals surface area contributed by atoms with Gasteiger partial charge in [-0.3, -0.25) is 0 Å². The third kappa shape index (κ3) is 1.88. The van der Waals surface area contributed by atoms with Gasteiger partial charge in [0, 0.05) is 17.8 Å². The molecule has 0 aromatic heterocycles. The van der Waals surface area contributed by atoms with Gasteiger partial charge in [0.25, 0.3) is 0 Å². The average Bonchev–Trinajstić information content (AvgIpc) is 2.87. The van der Waals surface area contributed by atoms with Crippen LogP contribution >= 0.6 is 0 Å². The van der Waals surface area contributed by atoms with E-state index in [0.717, 1.165) is 35.3 Å². The van der Waals surface area contributed by atoms with Crippen LogP contribution in [0.3, 0.4) is 0 Å². The molecule has 0 saturated carbocycles. The van der Waals surface area contributed by atoms with Gasteiger partial charge in [-0.05, 0) is 24.5 Å².